The minimum Gasteiger partial charge on any atom is -0.493 e. The third-order valence-electron chi connectivity index (χ3n) is 3.07. The summed E-state index contributed by atoms with van der Waals surface area (Å²) in [5, 5.41) is 0.180. The van der Waals surface area contributed by atoms with Crippen LogP contribution < -0.4 is 16.0 Å². The summed E-state index contributed by atoms with van der Waals surface area (Å²) >= 11 is 0. The summed E-state index contributed by atoms with van der Waals surface area (Å²) in [5.41, 5.74) is 2.54. The molecule has 1 heterocycles. The van der Waals surface area contributed by atoms with Crippen molar-refractivity contribution >= 4 is 22.4 Å². The van der Waals surface area contributed by atoms with Crippen LogP contribution in [0, 0.1) is 0 Å². The fourth-order valence-corrected chi connectivity index (χ4v) is 1.99. The number of nitrogens with one attached hydrogen (secondary N) is 1. The summed E-state index contributed by atoms with van der Waals surface area (Å²) in [7, 11) is 1.32. The van der Waals surface area contributed by atoms with Gasteiger partial charge in [-0.1, -0.05) is 6.58 Å². The Hall–Kier alpha value is -2.74. The first-order chi connectivity index (χ1) is 10.8. The van der Waals surface area contributed by atoms with Crippen molar-refractivity contribution in [2.24, 2.45) is 5.84 Å². The Labute approximate surface area is 129 Å². The van der Waals surface area contributed by atoms with E-state index in [1.165, 1.54) is 25.3 Å². The Morgan fingerprint density at radius 2 is 2.09 bits per heavy atom. The van der Waals surface area contributed by atoms with Gasteiger partial charge in [-0.15, -0.1) is 0 Å². The zero-order chi connectivity index (χ0) is 17.2. The molecule has 0 unspecified atom stereocenters. The highest BCUT2D eigenvalue weighted by Crippen LogP contribution is 2.39. The molecule has 0 aliphatic rings. The molecular weight excluding hydrogens is 313 g/mol. The number of hydrogen-bond acceptors (Lipinski definition) is 4. The van der Waals surface area contributed by atoms with E-state index in [4.69, 9.17) is 15.0 Å². The molecule has 1 amide bonds. The van der Waals surface area contributed by atoms with Gasteiger partial charge in [0.05, 0.1) is 7.11 Å². The van der Waals surface area contributed by atoms with Crippen LogP contribution in [-0.2, 0) is 11.0 Å². The van der Waals surface area contributed by atoms with Gasteiger partial charge in [0.25, 0.3) is 5.91 Å². The normalized spacial score (nSPS) is 11.9. The topological polar surface area (TPSA) is 77.5 Å². The Morgan fingerprint density at radius 1 is 1.39 bits per heavy atom. The van der Waals surface area contributed by atoms with Gasteiger partial charge in [-0.25, -0.2) is 5.84 Å². The van der Waals surface area contributed by atoms with Crippen molar-refractivity contribution in [1.82, 2.24) is 5.43 Å². The molecule has 0 aliphatic heterocycles. The predicted molar refractivity (Wildman–Crippen MR) is 78.3 cm³/mol. The number of carbonyl (C=O) groups is 1. The van der Waals surface area contributed by atoms with E-state index in [9.17, 15) is 18.0 Å². The predicted octanol–water partition coefficient (Wildman–Crippen LogP) is 3.02. The summed E-state index contributed by atoms with van der Waals surface area (Å²) in [6.07, 6.45) is -2.18. The smallest absolute Gasteiger partial charge is 0.449 e. The summed E-state index contributed by atoms with van der Waals surface area (Å²) < 4.78 is 48.5. The van der Waals surface area contributed by atoms with Crippen molar-refractivity contribution < 1.29 is 27.1 Å². The number of rotatable bonds is 4. The fourth-order valence-electron chi connectivity index (χ4n) is 1.99. The number of halogens is 3. The van der Waals surface area contributed by atoms with Gasteiger partial charge in [0.15, 0.2) is 11.3 Å². The first-order valence-corrected chi connectivity index (χ1v) is 6.33. The number of methoxy groups -OCH3 is 1. The monoisotopic (exact) mass is 326 g/mol. The van der Waals surface area contributed by atoms with Crippen molar-refractivity contribution in [2.45, 2.75) is 6.18 Å². The fraction of sp³-hybridized carbons (Fsp3) is 0.133. The summed E-state index contributed by atoms with van der Waals surface area (Å²) in [4.78, 5) is 11.1. The summed E-state index contributed by atoms with van der Waals surface area (Å²) in [5.74, 6) is 3.39. The minimum atomic E-state index is -4.63. The van der Waals surface area contributed by atoms with E-state index in [1.54, 1.807) is 0 Å². The van der Waals surface area contributed by atoms with Crippen molar-refractivity contribution in [1.29, 1.82) is 0 Å². The van der Waals surface area contributed by atoms with E-state index in [0.717, 1.165) is 12.1 Å². The molecular formula is C15H13F3N2O3. The summed E-state index contributed by atoms with van der Waals surface area (Å²) in [6.45, 7) is 3.74. The molecule has 0 atom stereocenters. The molecule has 3 N–H and O–H groups in total. The standard InChI is InChI=1S/C15H13F3N2O3/c1-8(3-6-13(21)20-19)9-4-5-11(22-2)14-10(9)7-12(23-14)15(16,17)18/h3-7H,1,19H2,2H3,(H,20,21)/b6-3-. The van der Waals surface area contributed by atoms with Crippen LogP contribution in [0.2, 0.25) is 0 Å². The van der Waals surface area contributed by atoms with Gasteiger partial charge in [-0.2, -0.15) is 13.2 Å². The number of hydrazine groups is 1. The lowest BCUT2D eigenvalue weighted by Gasteiger charge is -2.06. The molecule has 0 saturated heterocycles. The Bertz CT molecular complexity index is 791. The molecule has 2 aromatic rings. The summed E-state index contributed by atoms with van der Waals surface area (Å²) in [6, 6.07) is 3.86. The molecule has 0 saturated carbocycles. The van der Waals surface area contributed by atoms with Gasteiger partial charge < -0.3 is 9.15 Å². The third-order valence-corrected chi connectivity index (χ3v) is 3.07. The Balaban J connectivity index is 2.57. The minimum absolute atomic E-state index is 0.0462. The second-order valence-electron chi connectivity index (χ2n) is 4.53. The number of alkyl halides is 3. The third kappa shape index (κ3) is 3.37. The van der Waals surface area contributed by atoms with Crippen molar-refractivity contribution in [2.75, 3.05) is 7.11 Å². The Morgan fingerprint density at radius 3 is 2.65 bits per heavy atom. The van der Waals surface area contributed by atoms with E-state index < -0.39 is 17.8 Å². The van der Waals surface area contributed by atoms with E-state index in [1.807, 2.05) is 5.43 Å². The first kappa shape index (κ1) is 16.6. The molecule has 2 rings (SSSR count). The SMILES string of the molecule is C=C(/C=C\C(=O)NN)c1ccc(OC)c2oc(C(F)(F)F)cc12. The molecule has 0 bridgehead atoms. The van der Waals surface area contributed by atoms with Gasteiger partial charge in [0, 0.05) is 11.5 Å². The van der Waals surface area contributed by atoms with Crippen molar-refractivity contribution in [3.05, 3.63) is 48.3 Å². The number of ether oxygens (including phenoxy) is 1. The molecule has 1 aromatic carbocycles. The average Bonchev–Trinajstić information content (AvgIpc) is 2.96. The maximum Gasteiger partial charge on any atom is 0.449 e. The molecule has 0 spiro atoms. The number of allylic oxidation sites excluding steroid dienone is 2. The van der Waals surface area contributed by atoms with Gasteiger partial charge in [-0.05, 0) is 35.4 Å². The second-order valence-corrected chi connectivity index (χ2v) is 4.53. The lowest BCUT2D eigenvalue weighted by atomic mass is 10.0. The zero-order valence-corrected chi connectivity index (χ0v) is 12.0. The lowest BCUT2D eigenvalue weighted by molar-refractivity contribution is -0.152. The van der Waals surface area contributed by atoms with Crippen molar-refractivity contribution in [3.8, 4) is 5.75 Å². The highest BCUT2D eigenvalue weighted by Gasteiger charge is 2.36. The maximum atomic E-state index is 12.9. The molecule has 0 aliphatic carbocycles. The van der Waals surface area contributed by atoms with E-state index in [2.05, 4.69) is 6.58 Å². The molecule has 8 heteroatoms. The molecule has 122 valence electrons. The van der Waals surface area contributed by atoms with E-state index in [-0.39, 0.29) is 16.7 Å². The largest absolute Gasteiger partial charge is 0.493 e. The van der Waals surface area contributed by atoms with Crippen LogP contribution in [0.25, 0.3) is 16.5 Å². The van der Waals surface area contributed by atoms with Gasteiger partial charge in [0.1, 0.15) is 0 Å². The van der Waals surface area contributed by atoms with Crippen molar-refractivity contribution in [3.63, 3.8) is 0 Å². The quantitative estimate of drug-likeness (QED) is 0.298. The van der Waals surface area contributed by atoms with Gasteiger partial charge in [-0.3, -0.25) is 10.2 Å². The van der Waals surface area contributed by atoms with Gasteiger partial charge in [0.2, 0.25) is 5.76 Å². The zero-order valence-electron chi connectivity index (χ0n) is 12.0. The van der Waals surface area contributed by atoms with Crippen LogP contribution in [0.15, 0.2) is 41.3 Å². The van der Waals surface area contributed by atoms with Crippen LogP contribution in [0.1, 0.15) is 11.3 Å². The second kappa shape index (κ2) is 6.17. The number of amides is 1. The average molecular weight is 326 g/mol. The molecule has 1 aromatic heterocycles. The van der Waals surface area contributed by atoms with Crippen LogP contribution in [0.5, 0.6) is 5.75 Å². The first-order valence-electron chi connectivity index (χ1n) is 6.33. The van der Waals surface area contributed by atoms with Gasteiger partial charge >= 0.3 is 6.18 Å². The number of carbonyl (C=O) groups excluding carboxylic acids is 1. The van der Waals surface area contributed by atoms with Crippen LogP contribution in [-0.4, -0.2) is 13.0 Å². The number of furan rings is 1. The lowest BCUT2D eigenvalue weighted by Crippen LogP contribution is -2.27. The van der Waals surface area contributed by atoms with E-state index >= 15 is 0 Å². The van der Waals surface area contributed by atoms with Crippen LogP contribution in [0.3, 0.4) is 0 Å². The number of fused-ring (bicyclic) bond motifs is 1. The number of nitrogens with two attached hydrogens (primary N) is 1. The molecule has 23 heavy (non-hydrogen) atoms. The number of hydrogen-bond donors (Lipinski definition) is 2. The Kier molecular flexibility index (Phi) is 4.46. The molecule has 0 radical (unpaired) electrons. The molecule has 0 fully saturated rings. The number of benzene rings is 1. The molecule has 5 nitrogen and oxygen atoms in total. The van der Waals surface area contributed by atoms with Crippen LogP contribution >= 0.6 is 0 Å². The highest BCUT2D eigenvalue weighted by atomic mass is 19.4. The highest BCUT2D eigenvalue weighted by molar-refractivity contribution is 5.98. The van der Waals surface area contributed by atoms with Crippen LogP contribution in [0.4, 0.5) is 13.2 Å². The van der Waals surface area contributed by atoms with E-state index in [0.29, 0.717) is 11.1 Å². The maximum absolute atomic E-state index is 12.9.